The fraction of sp³-hybridized carbons (Fsp3) is 0.467. The van der Waals surface area contributed by atoms with E-state index in [-0.39, 0.29) is 11.8 Å². The van der Waals surface area contributed by atoms with Crippen LogP contribution in [0.1, 0.15) is 31.4 Å². The molecule has 3 nitrogen and oxygen atoms in total. The number of hydrogen-bond acceptors (Lipinski definition) is 2. The van der Waals surface area contributed by atoms with Crippen molar-refractivity contribution in [2.75, 3.05) is 4.90 Å². The molecule has 1 amide bonds. The lowest BCUT2D eigenvalue weighted by Crippen LogP contribution is -2.44. The number of carbonyl (C=O) groups is 1. The van der Waals surface area contributed by atoms with Crippen LogP contribution in [0.4, 0.5) is 5.69 Å². The summed E-state index contributed by atoms with van der Waals surface area (Å²) < 4.78 is 0. The number of nitriles is 1. The minimum Gasteiger partial charge on any atom is -0.305 e. The van der Waals surface area contributed by atoms with Crippen molar-refractivity contribution in [2.45, 2.75) is 39.7 Å². The fourth-order valence-electron chi connectivity index (χ4n) is 2.70. The monoisotopic (exact) mass is 242 g/mol. The number of hydrogen-bond donors (Lipinski definition) is 0. The van der Waals surface area contributed by atoms with Crippen molar-refractivity contribution in [2.24, 2.45) is 5.92 Å². The zero-order valence-electron chi connectivity index (χ0n) is 11.3. The molecule has 0 spiro atoms. The molecular formula is C15H18N2O. The van der Waals surface area contributed by atoms with Gasteiger partial charge in [-0.05, 0) is 39.3 Å². The molecule has 1 aromatic rings. The van der Waals surface area contributed by atoms with E-state index in [1.165, 1.54) is 5.56 Å². The summed E-state index contributed by atoms with van der Waals surface area (Å²) in [5, 5.41) is 9.17. The molecule has 1 heterocycles. The number of amides is 1. The topological polar surface area (TPSA) is 44.1 Å². The smallest absolute Gasteiger partial charge is 0.228 e. The standard InChI is InChI=1S/C15H18N2O/c1-10-5-6-13(11(2)7-10)17-14(18)8-12(9-16)15(17,3)4/h5-7,12H,8H2,1-4H3. The van der Waals surface area contributed by atoms with Crippen LogP contribution >= 0.6 is 0 Å². The Balaban J connectivity index is 2.50. The zero-order chi connectivity index (χ0) is 13.5. The molecule has 1 aromatic carbocycles. The Morgan fingerprint density at radius 2 is 2.06 bits per heavy atom. The summed E-state index contributed by atoms with van der Waals surface area (Å²) in [4.78, 5) is 14.0. The van der Waals surface area contributed by atoms with Gasteiger partial charge in [-0.1, -0.05) is 17.7 Å². The van der Waals surface area contributed by atoms with Gasteiger partial charge in [-0.2, -0.15) is 5.26 Å². The first-order valence-corrected chi connectivity index (χ1v) is 6.18. The van der Waals surface area contributed by atoms with Crippen LogP contribution in [0.5, 0.6) is 0 Å². The van der Waals surface area contributed by atoms with Crippen LogP contribution in [-0.4, -0.2) is 11.4 Å². The Hall–Kier alpha value is -1.82. The van der Waals surface area contributed by atoms with Crippen LogP contribution in [0.2, 0.25) is 0 Å². The lowest BCUT2D eigenvalue weighted by molar-refractivity contribution is -0.117. The third-order valence-corrected chi connectivity index (χ3v) is 3.81. The molecule has 2 rings (SSSR count). The van der Waals surface area contributed by atoms with Crippen molar-refractivity contribution < 1.29 is 4.79 Å². The van der Waals surface area contributed by atoms with Gasteiger partial charge in [-0.25, -0.2) is 0 Å². The lowest BCUT2D eigenvalue weighted by atomic mass is 9.89. The molecule has 0 aromatic heterocycles. The Morgan fingerprint density at radius 3 is 2.56 bits per heavy atom. The van der Waals surface area contributed by atoms with Crippen LogP contribution in [0.15, 0.2) is 18.2 Å². The molecule has 1 saturated heterocycles. The predicted octanol–water partition coefficient (Wildman–Crippen LogP) is 2.96. The second kappa shape index (κ2) is 4.13. The highest BCUT2D eigenvalue weighted by molar-refractivity contribution is 5.98. The molecule has 1 fully saturated rings. The first-order chi connectivity index (χ1) is 8.37. The van der Waals surface area contributed by atoms with E-state index in [1.807, 2.05) is 39.8 Å². The number of rotatable bonds is 1. The second-order valence-corrected chi connectivity index (χ2v) is 5.56. The van der Waals surface area contributed by atoms with E-state index in [0.717, 1.165) is 11.3 Å². The van der Waals surface area contributed by atoms with E-state index in [4.69, 9.17) is 5.26 Å². The average Bonchev–Trinajstić information content (AvgIpc) is 2.50. The largest absolute Gasteiger partial charge is 0.305 e. The molecule has 1 unspecified atom stereocenters. The van der Waals surface area contributed by atoms with Crippen molar-refractivity contribution in [3.05, 3.63) is 29.3 Å². The minimum atomic E-state index is -0.439. The summed E-state index contributed by atoms with van der Waals surface area (Å²) in [6, 6.07) is 8.30. The zero-order valence-corrected chi connectivity index (χ0v) is 11.3. The van der Waals surface area contributed by atoms with Gasteiger partial charge < -0.3 is 4.90 Å². The van der Waals surface area contributed by atoms with Crippen molar-refractivity contribution >= 4 is 11.6 Å². The third-order valence-electron chi connectivity index (χ3n) is 3.81. The van der Waals surface area contributed by atoms with Gasteiger partial charge in [0.2, 0.25) is 5.91 Å². The Morgan fingerprint density at radius 1 is 1.39 bits per heavy atom. The maximum atomic E-state index is 12.2. The number of nitrogens with zero attached hydrogens (tertiary/aromatic N) is 2. The molecule has 0 aliphatic carbocycles. The van der Waals surface area contributed by atoms with E-state index in [1.54, 1.807) is 4.90 Å². The molecule has 0 radical (unpaired) electrons. The number of benzene rings is 1. The molecule has 1 aliphatic heterocycles. The molecule has 1 atom stereocenters. The minimum absolute atomic E-state index is 0.0403. The van der Waals surface area contributed by atoms with E-state index in [9.17, 15) is 4.79 Å². The predicted molar refractivity (Wildman–Crippen MR) is 71.2 cm³/mol. The normalized spacial score (nSPS) is 22.1. The molecule has 0 saturated carbocycles. The number of aryl methyl sites for hydroxylation is 2. The number of carbonyl (C=O) groups excluding carboxylic acids is 1. The Bertz CT molecular complexity index is 540. The van der Waals surface area contributed by atoms with E-state index in [2.05, 4.69) is 12.1 Å². The van der Waals surface area contributed by atoms with E-state index in [0.29, 0.717) is 6.42 Å². The van der Waals surface area contributed by atoms with E-state index < -0.39 is 5.54 Å². The van der Waals surface area contributed by atoms with E-state index >= 15 is 0 Å². The molecule has 1 aliphatic rings. The summed E-state index contributed by atoms with van der Waals surface area (Å²) in [6.45, 7) is 7.97. The van der Waals surface area contributed by atoms with Gasteiger partial charge in [0.1, 0.15) is 0 Å². The molecule has 0 bridgehead atoms. The highest BCUT2D eigenvalue weighted by Gasteiger charge is 2.47. The first kappa shape index (κ1) is 12.6. The molecule has 0 N–H and O–H groups in total. The second-order valence-electron chi connectivity index (χ2n) is 5.56. The summed E-state index contributed by atoms with van der Waals surface area (Å²) in [5.74, 6) is -0.204. The maximum absolute atomic E-state index is 12.2. The maximum Gasteiger partial charge on any atom is 0.228 e. The van der Waals surface area contributed by atoms with Crippen molar-refractivity contribution in [3.63, 3.8) is 0 Å². The Labute approximate surface area is 108 Å². The number of anilines is 1. The van der Waals surface area contributed by atoms with Crippen LogP contribution in [0.3, 0.4) is 0 Å². The SMILES string of the molecule is Cc1ccc(N2C(=O)CC(C#N)C2(C)C)c(C)c1. The van der Waals surface area contributed by atoms with Crippen molar-refractivity contribution in [3.8, 4) is 6.07 Å². The van der Waals surface area contributed by atoms with Gasteiger partial charge in [-0.15, -0.1) is 0 Å². The quantitative estimate of drug-likeness (QED) is 0.760. The van der Waals surface area contributed by atoms with Gasteiger partial charge in [0.05, 0.1) is 17.5 Å². The van der Waals surface area contributed by atoms with Crippen molar-refractivity contribution in [1.82, 2.24) is 0 Å². The summed E-state index contributed by atoms with van der Waals surface area (Å²) in [5.41, 5.74) is 2.74. The average molecular weight is 242 g/mol. The summed E-state index contributed by atoms with van der Waals surface area (Å²) >= 11 is 0. The van der Waals surface area contributed by atoms with Crippen LogP contribution in [0, 0.1) is 31.1 Å². The fourth-order valence-corrected chi connectivity index (χ4v) is 2.70. The van der Waals surface area contributed by atoms with Gasteiger partial charge in [0.25, 0.3) is 0 Å². The highest BCUT2D eigenvalue weighted by atomic mass is 16.2. The van der Waals surface area contributed by atoms with Gasteiger partial charge in [-0.3, -0.25) is 4.79 Å². The molecule has 3 heteroatoms. The van der Waals surface area contributed by atoms with Gasteiger partial charge >= 0.3 is 0 Å². The molecule has 94 valence electrons. The first-order valence-electron chi connectivity index (χ1n) is 6.18. The van der Waals surface area contributed by atoms with Gasteiger partial charge in [0, 0.05) is 12.1 Å². The summed E-state index contributed by atoms with van der Waals surface area (Å²) in [6.07, 6.45) is 0.316. The van der Waals surface area contributed by atoms with Crippen molar-refractivity contribution in [1.29, 1.82) is 5.26 Å². The van der Waals surface area contributed by atoms with Gasteiger partial charge in [0.15, 0.2) is 0 Å². The Kier molecular flexibility index (Phi) is 2.90. The van der Waals surface area contributed by atoms with Crippen LogP contribution in [0.25, 0.3) is 0 Å². The highest BCUT2D eigenvalue weighted by Crippen LogP contribution is 2.40. The van der Waals surface area contributed by atoms with Crippen LogP contribution < -0.4 is 4.90 Å². The van der Waals surface area contributed by atoms with Crippen LogP contribution in [-0.2, 0) is 4.79 Å². The summed E-state index contributed by atoms with van der Waals surface area (Å²) in [7, 11) is 0. The molecule has 18 heavy (non-hydrogen) atoms. The third kappa shape index (κ3) is 1.78. The lowest BCUT2D eigenvalue weighted by Gasteiger charge is -2.34. The molecular weight excluding hydrogens is 224 g/mol.